The first-order valence-electron chi connectivity index (χ1n) is 5.32. The van der Waals surface area contributed by atoms with Gasteiger partial charge in [-0.2, -0.15) is 12.6 Å². The Kier molecular flexibility index (Phi) is 5.48. The molecule has 0 aliphatic rings. The van der Waals surface area contributed by atoms with Gasteiger partial charge in [0, 0.05) is 11.9 Å². The number of hydrogen-bond acceptors (Lipinski definition) is 3. The van der Waals surface area contributed by atoms with Crippen molar-refractivity contribution in [1.29, 1.82) is 0 Å². The third kappa shape index (κ3) is 3.79. The lowest BCUT2D eigenvalue weighted by Gasteiger charge is -2.36. The second-order valence-corrected chi connectivity index (χ2v) is 5.36. The van der Waals surface area contributed by atoms with E-state index in [-0.39, 0.29) is 17.3 Å². The first-order valence-corrected chi connectivity index (χ1v) is 5.84. The zero-order valence-electron chi connectivity index (χ0n) is 9.75. The second kappa shape index (κ2) is 5.38. The topological polar surface area (TPSA) is 40.5 Å². The van der Waals surface area contributed by atoms with Crippen molar-refractivity contribution in [2.45, 2.75) is 57.8 Å². The van der Waals surface area contributed by atoms with E-state index in [1.54, 1.807) is 13.8 Å². The van der Waals surface area contributed by atoms with Gasteiger partial charge in [0.05, 0.1) is 5.60 Å². The van der Waals surface area contributed by atoms with E-state index in [2.05, 4.69) is 26.5 Å². The van der Waals surface area contributed by atoms with Crippen molar-refractivity contribution in [2.24, 2.45) is 5.41 Å². The molecule has 0 aromatic carbocycles. The molecule has 0 aliphatic carbocycles. The Balaban J connectivity index is 4.45. The van der Waals surface area contributed by atoms with Gasteiger partial charge in [-0.05, 0) is 38.5 Å². The summed E-state index contributed by atoms with van der Waals surface area (Å²) in [5.74, 6) is 0. The van der Waals surface area contributed by atoms with Gasteiger partial charge < -0.3 is 10.2 Å². The van der Waals surface area contributed by atoms with E-state index in [4.69, 9.17) is 0 Å². The van der Waals surface area contributed by atoms with Gasteiger partial charge in [0.15, 0.2) is 0 Å². The maximum absolute atomic E-state index is 9.78. The van der Waals surface area contributed by atoms with Crippen molar-refractivity contribution < 1.29 is 10.2 Å². The fraction of sp³-hybridized carbons (Fsp3) is 1.00. The normalized spacial score (nSPS) is 15.6. The molecule has 0 spiro atoms. The van der Waals surface area contributed by atoms with Crippen LogP contribution in [0.4, 0.5) is 0 Å². The summed E-state index contributed by atoms with van der Waals surface area (Å²) >= 11 is 4.40. The minimum Gasteiger partial charge on any atom is -0.396 e. The highest BCUT2D eigenvalue weighted by atomic mass is 32.1. The monoisotopic (exact) mass is 220 g/mol. The SMILES string of the molecule is CCC(CC)(CO)CC(S)C(C)(C)O. The summed E-state index contributed by atoms with van der Waals surface area (Å²) in [6.45, 7) is 7.85. The van der Waals surface area contributed by atoms with E-state index in [0.717, 1.165) is 19.3 Å². The molecule has 0 aliphatic heterocycles. The molecule has 0 saturated heterocycles. The smallest absolute Gasteiger partial charge is 0.0707 e. The van der Waals surface area contributed by atoms with Crippen LogP contribution in [0.5, 0.6) is 0 Å². The van der Waals surface area contributed by atoms with Crippen LogP contribution in [0.2, 0.25) is 0 Å². The summed E-state index contributed by atoms with van der Waals surface area (Å²) in [5.41, 5.74) is -0.861. The van der Waals surface area contributed by atoms with Crippen molar-refractivity contribution in [3.8, 4) is 0 Å². The van der Waals surface area contributed by atoms with Crippen LogP contribution in [-0.2, 0) is 0 Å². The molecule has 2 N–H and O–H groups in total. The van der Waals surface area contributed by atoms with E-state index < -0.39 is 5.60 Å². The van der Waals surface area contributed by atoms with Gasteiger partial charge in [0.25, 0.3) is 0 Å². The highest BCUT2D eigenvalue weighted by Crippen LogP contribution is 2.35. The van der Waals surface area contributed by atoms with Gasteiger partial charge in [-0.3, -0.25) is 0 Å². The fourth-order valence-corrected chi connectivity index (χ4v) is 1.87. The van der Waals surface area contributed by atoms with Crippen molar-refractivity contribution in [2.75, 3.05) is 6.61 Å². The van der Waals surface area contributed by atoms with Crippen molar-refractivity contribution >= 4 is 12.6 Å². The molecule has 0 heterocycles. The summed E-state index contributed by atoms with van der Waals surface area (Å²) in [6.07, 6.45) is 2.60. The van der Waals surface area contributed by atoms with Crippen LogP contribution in [0.3, 0.4) is 0 Å². The molecular weight excluding hydrogens is 196 g/mol. The molecule has 0 radical (unpaired) electrons. The number of thiol groups is 1. The van der Waals surface area contributed by atoms with Gasteiger partial charge in [-0.25, -0.2) is 0 Å². The highest BCUT2D eigenvalue weighted by Gasteiger charge is 2.33. The maximum Gasteiger partial charge on any atom is 0.0707 e. The summed E-state index contributed by atoms with van der Waals surface area (Å²) in [4.78, 5) is 0. The van der Waals surface area contributed by atoms with Crippen molar-refractivity contribution in [3.63, 3.8) is 0 Å². The Morgan fingerprint density at radius 3 is 1.86 bits per heavy atom. The first-order chi connectivity index (χ1) is 6.31. The Morgan fingerprint density at radius 1 is 1.21 bits per heavy atom. The number of aliphatic hydroxyl groups excluding tert-OH is 1. The van der Waals surface area contributed by atoms with Crippen LogP contribution in [0.25, 0.3) is 0 Å². The van der Waals surface area contributed by atoms with E-state index in [1.165, 1.54) is 0 Å². The predicted molar refractivity (Wildman–Crippen MR) is 63.8 cm³/mol. The molecule has 3 heteroatoms. The summed E-state index contributed by atoms with van der Waals surface area (Å²) in [5, 5.41) is 19.1. The average molecular weight is 220 g/mol. The average Bonchev–Trinajstić information content (AvgIpc) is 2.12. The van der Waals surface area contributed by atoms with Gasteiger partial charge in [-0.1, -0.05) is 13.8 Å². The van der Waals surface area contributed by atoms with Gasteiger partial charge in [0.1, 0.15) is 0 Å². The molecule has 0 bridgehead atoms. The zero-order chi connectivity index (χ0) is 11.4. The zero-order valence-corrected chi connectivity index (χ0v) is 10.6. The van der Waals surface area contributed by atoms with E-state index in [9.17, 15) is 10.2 Å². The minimum absolute atomic E-state index is 0.0770. The summed E-state index contributed by atoms with van der Waals surface area (Å²) in [7, 11) is 0. The Bertz CT molecular complexity index is 151. The molecule has 1 unspecified atom stereocenters. The van der Waals surface area contributed by atoms with E-state index >= 15 is 0 Å². The summed E-state index contributed by atoms with van der Waals surface area (Å²) in [6, 6.07) is 0. The van der Waals surface area contributed by atoms with Crippen LogP contribution in [0.1, 0.15) is 47.0 Å². The summed E-state index contributed by atoms with van der Waals surface area (Å²) < 4.78 is 0. The Morgan fingerprint density at radius 2 is 1.64 bits per heavy atom. The van der Waals surface area contributed by atoms with Crippen LogP contribution in [0.15, 0.2) is 0 Å². The Labute approximate surface area is 93.1 Å². The quantitative estimate of drug-likeness (QED) is 0.601. The van der Waals surface area contributed by atoms with Crippen molar-refractivity contribution in [1.82, 2.24) is 0 Å². The number of aliphatic hydroxyl groups is 2. The van der Waals surface area contributed by atoms with E-state index in [1.807, 2.05) is 0 Å². The van der Waals surface area contributed by atoms with Crippen LogP contribution in [0, 0.1) is 5.41 Å². The number of rotatable bonds is 6. The lowest BCUT2D eigenvalue weighted by atomic mass is 9.76. The van der Waals surface area contributed by atoms with Crippen LogP contribution in [-0.4, -0.2) is 27.7 Å². The number of hydrogen-bond donors (Lipinski definition) is 3. The third-order valence-electron chi connectivity index (χ3n) is 3.28. The van der Waals surface area contributed by atoms with Crippen molar-refractivity contribution in [3.05, 3.63) is 0 Å². The lowest BCUT2D eigenvalue weighted by molar-refractivity contribution is 0.0398. The molecular formula is C11H24O2S. The molecule has 14 heavy (non-hydrogen) atoms. The molecule has 1 atom stereocenters. The molecule has 0 aromatic rings. The standard InChI is InChI=1S/C11H24O2S/c1-5-11(6-2,8-12)7-9(14)10(3,4)13/h9,12-14H,5-8H2,1-4H3. The first kappa shape index (κ1) is 14.3. The lowest BCUT2D eigenvalue weighted by Crippen LogP contribution is -2.38. The van der Waals surface area contributed by atoms with Gasteiger partial charge in [0.2, 0.25) is 0 Å². The van der Waals surface area contributed by atoms with Crippen LogP contribution >= 0.6 is 12.6 Å². The highest BCUT2D eigenvalue weighted by molar-refractivity contribution is 7.81. The minimum atomic E-state index is -0.784. The van der Waals surface area contributed by atoms with Gasteiger partial charge in [-0.15, -0.1) is 0 Å². The molecule has 0 amide bonds. The third-order valence-corrected chi connectivity index (χ3v) is 4.09. The predicted octanol–water partition coefficient (Wildman–Crippen LogP) is 2.24. The Hall–Kier alpha value is 0.270. The van der Waals surface area contributed by atoms with E-state index in [0.29, 0.717) is 0 Å². The molecule has 0 rings (SSSR count). The molecule has 0 fully saturated rings. The largest absolute Gasteiger partial charge is 0.396 e. The molecule has 0 saturated carbocycles. The second-order valence-electron chi connectivity index (χ2n) is 4.74. The van der Waals surface area contributed by atoms with Crippen LogP contribution < -0.4 is 0 Å². The van der Waals surface area contributed by atoms with Gasteiger partial charge >= 0.3 is 0 Å². The fourth-order valence-electron chi connectivity index (χ4n) is 1.49. The maximum atomic E-state index is 9.78. The molecule has 0 aromatic heterocycles. The molecule has 2 nitrogen and oxygen atoms in total. The molecule has 86 valence electrons.